The summed E-state index contributed by atoms with van der Waals surface area (Å²) in [6, 6.07) is 9.47. The standard InChI is InChI=1S/C12H14O2/c13-12(8-4-7-11-9-14-11)10-5-2-1-3-6-10/h1-3,5-6,11H,4,7-9H2. The molecular formula is C12H14O2. The van der Waals surface area contributed by atoms with Crippen LogP contribution in [0, 0.1) is 0 Å². The van der Waals surface area contributed by atoms with Gasteiger partial charge in [-0.25, -0.2) is 0 Å². The Morgan fingerprint density at radius 1 is 1.36 bits per heavy atom. The summed E-state index contributed by atoms with van der Waals surface area (Å²) >= 11 is 0. The topological polar surface area (TPSA) is 29.6 Å². The summed E-state index contributed by atoms with van der Waals surface area (Å²) in [6.07, 6.45) is 3.06. The van der Waals surface area contributed by atoms with E-state index in [1.807, 2.05) is 30.3 Å². The van der Waals surface area contributed by atoms with Crippen LogP contribution in [0.15, 0.2) is 30.3 Å². The summed E-state index contributed by atoms with van der Waals surface area (Å²) in [4.78, 5) is 11.6. The third-order valence-corrected chi connectivity index (χ3v) is 2.43. The lowest BCUT2D eigenvalue weighted by molar-refractivity contribution is 0.0978. The minimum atomic E-state index is 0.242. The van der Waals surface area contributed by atoms with E-state index in [4.69, 9.17) is 4.74 Å². The Labute approximate surface area is 83.9 Å². The highest BCUT2D eigenvalue weighted by Gasteiger charge is 2.21. The van der Waals surface area contributed by atoms with Gasteiger partial charge >= 0.3 is 0 Å². The molecule has 0 aromatic heterocycles. The molecule has 1 aliphatic heterocycles. The summed E-state index contributed by atoms with van der Waals surface area (Å²) in [7, 11) is 0. The van der Waals surface area contributed by atoms with Gasteiger partial charge in [0.15, 0.2) is 5.78 Å². The number of ketones is 1. The smallest absolute Gasteiger partial charge is 0.162 e. The van der Waals surface area contributed by atoms with Crippen molar-refractivity contribution in [2.75, 3.05) is 6.61 Å². The Morgan fingerprint density at radius 3 is 2.71 bits per heavy atom. The predicted molar refractivity (Wildman–Crippen MR) is 54.4 cm³/mol. The van der Waals surface area contributed by atoms with E-state index < -0.39 is 0 Å². The van der Waals surface area contributed by atoms with Gasteiger partial charge in [0, 0.05) is 12.0 Å². The van der Waals surface area contributed by atoms with Gasteiger partial charge < -0.3 is 4.74 Å². The lowest BCUT2D eigenvalue weighted by atomic mass is 10.1. The summed E-state index contributed by atoms with van der Waals surface area (Å²) in [5, 5.41) is 0. The Balaban J connectivity index is 1.77. The Bertz CT molecular complexity index is 301. The molecule has 1 atom stereocenters. The molecule has 0 N–H and O–H groups in total. The van der Waals surface area contributed by atoms with Crippen molar-refractivity contribution in [2.45, 2.75) is 25.4 Å². The van der Waals surface area contributed by atoms with Gasteiger partial charge in [-0.2, -0.15) is 0 Å². The van der Waals surface area contributed by atoms with Gasteiger partial charge in [-0.3, -0.25) is 4.79 Å². The number of benzene rings is 1. The van der Waals surface area contributed by atoms with Crippen LogP contribution in [-0.2, 0) is 4.74 Å². The van der Waals surface area contributed by atoms with E-state index in [1.165, 1.54) is 0 Å². The van der Waals surface area contributed by atoms with Crippen molar-refractivity contribution >= 4 is 5.78 Å². The van der Waals surface area contributed by atoms with Gasteiger partial charge in [0.25, 0.3) is 0 Å². The highest BCUT2D eigenvalue weighted by Crippen LogP contribution is 2.17. The summed E-state index contributed by atoms with van der Waals surface area (Å²) in [5.41, 5.74) is 0.823. The number of ether oxygens (including phenoxy) is 1. The molecule has 2 nitrogen and oxygen atoms in total. The summed E-state index contributed by atoms with van der Waals surface area (Å²) in [6.45, 7) is 0.888. The molecule has 0 saturated carbocycles. The molecule has 0 aliphatic carbocycles. The number of carbonyl (C=O) groups excluding carboxylic acids is 1. The molecule has 1 unspecified atom stereocenters. The Morgan fingerprint density at radius 2 is 2.07 bits per heavy atom. The second-order valence-corrected chi connectivity index (χ2v) is 3.64. The van der Waals surface area contributed by atoms with Crippen molar-refractivity contribution in [2.24, 2.45) is 0 Å². The van der Waals surface area contributed by atoms with Crippen molar-refractivity contribution in [3.8, 4) is 0 Å². The molecule has 14 heavy (non-hydrogen) atoms. The van der Waals surface area contributed by atoms with Gasteiger partial charge in [-0.05, 0) is 12.8 Å². The largest absolute Gasteiger partial charge is 0.373 e. The van der Waals surface area contributed by atoms with Gasteiger partial charge in [0.2, 0.25) is 0 Å². The molecule has 2 rings (SSSR count). The van der Waals surface area contributed by atoms with E-state index in [0.29, 0.717) is 12.5 Å². The molecule has 0 spiro atoms. The van der Waals surface area contributed by atoms with Crippen LogP contribution in [0.1, 0.15) is 29.6 Å². The number of epoxide rings is 1. The van der Waals surface area contributed by atoms with Crippen molar-refractivity contribution in [3.63, 3.8) is 0 Å². The van der Waals surface area contributed by atoms with Crippen LogP contribution in [0.4, 0.5) is 0 Å². The molecule has 0 bridgehead atoms. The molecule has 0 amide bonds. The first-order valence-electron chi connectivity index (χ1n) is 5.06. The summed E-state index contributed by atoms with van der Waals surface area (Å²) in [5.74, 6) is 0.242. The molecule has 1 aromatic rings. The third-order valence-electron chi connectivity index (χ3n) is 2.43. The Kier molecular flexibility index (Phi) is 2.94. The van der Waals surface area contributed by atoms with Crippen molar-refractivity contribution in [3.05, 3.63) is 35.9 Å². The van der Waals surface area contributed by atoms with Crippen LogP contribution < -0.4 is 0 Å². The maximum absolute atomic E-state index is 11.6. The zero-order valence-corrected chi connectivity index (χ0v) is 8.11. The highest BCUT2D eigenvalue weighted by molar-refractivity contribution is 5.95. The number of carbonyl (C=O) groups is 1. The third kappa shape index (κ3) is 2.67. The minimum absolute atomic E-state index is 0.242. The maximum atomic E-state index is 11.6. The fourth-order valence-corrected chi connectivity index (χ4v) is 1.49. The van der Waals surface area contributed by atoms with Crippen molar-refractivity contribution in [1.29, 1.82) is 0 Å². The first-order chi connectivity index (χ1) is 6.86. The van der Waals surface area contributed by atoms with E-state index in [1.54, 1.807) is 0 Å². The Hall–Kier alpha value is -1.15. The van der Waals surface area contributed by atoms with Gasteiger partial charge in [-0.1, -0.05) is 30.3 Å². The highest BCUT2D eigenvalue weighted by atomic mass is 16.6. The van der Waals surface area contributed by atoms with E-state index in [-0.39, 0.29) is 5.78 Å². The van der Waals surface area contributed by atoms with Crippen LogP contribution in [0.2, 0.25) is 0 Å². The lowest BCUT2D eigenvalue weighted by Crippen LogP contribution is -1.99. The van der Waals surface area contributed by atoms with Crippen LogP contribution >= 0.6 is 0 Å². The molecular weight excluding hydrogens is 176 g/mol. The number of rotatable bonds is 5. The SMILES string of the molecule is O=C(CCCC1CO1)c1ccccc1. The molecule has 74 valence electrons. The first kappa shape index (κ1) is 9.41. The molecule has 0 radical (unpaired) electrons. The van der Waals surface area contributed by atoms with Crippen LogP contribution in [-0.4, -0.2) is 18.5 Å². The second kappa shape index (κ2) is 4.38. The fraction of sp³-hybridized carbons (Fsp3) is 0.417. The zero-order valence-electron chi connectivity index (χ0n) is 8.11. The average molecular weight is 190 g/mol. The van der Waals surface area contributed by atoms with Crippen molar-refractivity contribution < 1.29 is 9.53 Å². The number of hydrogen-bond acceptors (Lipinski definition) is 2. The van der Waals surface area contributed by atoms with E-state index in [9.17, 15) is 4.79 Å². The quantitative estimate of drug-likeness (QED) is 0.527. The molecule has 1 aliphatic rings. The zero-order chi connectivity index (χ0) is 9.80. The van der Waals surface area contributed by atoms with Crippen LogP contribution in [0.3, 0.4) is 0 Å². The monoisotopic (exact) mass is 190 g/mol. The van der Waals surface area contributed by atoms with Crippen molar-refractivity contribution in [1.82, 2.24) is 0 Å². The second-order valence-electron chi connectivity index (χ2n) is 3.64. The van der Waals surface area contributed by atoms with Crippen LogP contribution in [0.25, 0.3) is 0 Å². The van der Waals surface area contributed by atoms with E-state index in [0.717, 1.165) is 25.0 Å². The predicted octanol–water partition coefficient (Wildman–Crippen LogP) is 2.44. The van der Waals surface area contributed by atoms with E-state index >= 15 is 0 Å². The number of Topliss-reactive ketones (excluding diaryl/α,β-unsaturated/α-hetero) is 1. The molecule has 2 heteroatoms. The van der Waals surface area contributed by atoms with E-state index in [2.05, 4.69) is 0 Å². The lowest BCUT2D eigenvalue weighted by Gasteiger charge is -1.99. The molecule has 1 saturated heterocycles. The molecule has 1 fully saturated rings. The normalized spacial score (nSPS) is 19.3. The number of hydrogen-bond donors (Lipinski definition) is 0. The van der Waals surface area contributed by atoms with Gasteiger partial charge in [-0.15, -0.1) is 0 Å². The first-order valence-corrected chi connectivity index (χ1v) is 5.06. The van der Waals surface area contributed by atoms with Gasteiger partial charge in [0.1, 0.15) is 0 Å². The molecule has 1 heterocycles. The van der Waals surface area contributed by atoms with Gasteiger partial charge in [0.05, 0.1) is 12.7 Å². The summed E-state index contributed by atoms with van der Waals surface area (Å²) < 4.78 is 5.08. The fourth-order valence-electron chi connectivity index (χ4n) is 1.49. The average Bonchev–Trinajstić information content (AvgIpc) is 3.03. The molecule has 1 aromatic carbocycles. The van der Waals surface area contributed by atoms with Crippen LogP contribution in [0.5, 0.6) is 0 Å². The maximum Gasteiger partial charge on any atom is 0.162 e. The minimum Gasteiger partial charge on any atom is -0.373 e.